The fourth-order valence-corrected chi connectivity index (χ4v) is 10.4. The molecule has 0 atom stereocenters. The summed E-state index contributed by atoms with van der Waals surface area (Å²) in [6.45, 7) is 28.8. The van der Waals surface area contributed by atoms with Gasteiger partial charge in [-0.1, -0.05) is 144 Å². The van der Waals surface area contributed by atoms with Crippen LogP contribution in [-0.4, -0.2) is 59.0 Å². The van der Waals surface area contributed by atoms with Crippen molar-refractivity contribution >= 4 is 12.4 Å². The number of rotatable bonds is 16. The van der Waals surface area contributed by atoms with Crippen molar-refractivity contribution < 1.29 is 29.2 Å². The summed E-state index contributed by atoms with van der Waals surface area (Å²) in [4.78, 5) is 17.9. The molecule has 0 radical (unpaired) electrons. The number of aliphatic imine (C=N–C) groups is 2. The molecule has 2 aromatic heterocycles. The molecule has 1 aliphatic carbocycles. The van der Waals surface area contributed by atoms with Crippen LogP contribution in [0.15, 0.2) is 156 Å². The zero-order valence-corrected chi connectivity index (χ0v) is 51.4. The van der Waals surface area contributed by atoms with Crippen LogP contribution in [0.5, 0.6) is 34.5 Å². The monoisotopic (exact) mass is 1120 g/mol. The van der Waals surface area contributed by atoms with Gasteiger partial charge in [0.1, 0.15) is 60.9 Å². The van der Waals surface area contributed by atoms with Crippen LogP contribution in [0.4, 0.5) is 0 Å². The number of fused-ring (bicyclic) bond motifs is 8. The molecule has 0 amide bonds. The number of phenolic OH excluding ortho intramolecular Hbond substituents is 2. The van der Waals surface area contributed by atoms with Crippen LogP contribution in [0, 0.1) is 0 Å². The summed E-state index contributed by atoms with van der Waals surface area (Å²) in [7, 11) is 0. The first-order valence-electron chi connectivity index (χ1n) is 29.5. The molecular weight excluding hydrogens is 1040 g/mol. The maximum Gasteiger partial charge on any atom is 0.126 e. The number of nitrogens with zero attached hydrogens (tertiary/aromatic N) is 4. The topological polar surface area (TPSA) is 128 Å². The van der Waals surface area contributed by atoms with Gasteiger partial charge in [0.15, 0.2) is 0 Å². The fraction of sp³-hybridized carbons (Fsp3) is 0.351. The van der Waals surface area contributed by atoms with Crippen LogP contribution in [0.2, 0.25) is 0 Å². The average Bonchev–Trinajstić information content (AvgIpc) is 3.64. The SMILES string of the molecule is CC(C)(C)c1cc2c(O)c(c1)Cc1cc(C(C)(C)C)cc(c1OCCOc1ccc(C=NCc3ccccn3)cc1)Cc1cc(C(C)(C)C)cc(c1O)Cc1cc(C(C)(C)C)cc(c1OCCOc1ccc(C=NCc3ccccn3)cc1)C2. The Morgan fingerprint density at radius 2 is 0.667 bits per heavy atom. The van der Waals surface area contributed by atoms with Crippen LogP contribution < -0.4 is 18.9 Å². The standard InChI is InChI=1S/C74H84N4O6/c1-71(2,3)59-37-51-33-55-41-61(73(7,8)9)43-57(69(55)83-31-29-81-65-23-19-49(20-24-65)45-75-47-63-17-13-15-27-77-63)35-53-39-60(72(4,5)6)40-54(68(53)80)36-58-44-62(74(10,11)12)42-56(34-52(38-59)67(51)79)70(58)84-32-30-82-66-25-21-50(22-26-66)46-76-48-64-18-14-16-28-78-64/h13-28,37-46,79-80H,29-36,47-48H2,1-12H3. The smallest absolute Gasteiger partial charge is 0.126 e. The number of benzene rings is 6. The summed E-state index contributed by atoms with van der Waals surface area (Å²) in [6, 6.07) is 45.1. The predicted octanol–water partition coefficient (Wildman–Crippen LogP) is 15.9. The lowest BCUT2D eigenvalue weighted by atomic mass is 9.79. The van der Waals surface area contributed by atoms with E-state index in [1.165, 1.54) is 0 Å². The number of hydrogen-bond acceptors (Lipinski definition) is 10. The maximum atomic E-state index is 12.8. The second kappa shape index (κ2) is 25.7. The van der Waals surface area contributed by atoms with Gasteiger partial charge in [-0.2, -0.15) is 0 Å². The molecule has 2 heterocycles. The molecule has 0 unspecified atom stereocenters. The number of ether oxygens (including phenoxy) is 4. The van der Waals surface area contributed by atoms with Crippen molar-refractivity contribution in [3.63, 3.8) is 0 Å². The molecule has 0 aliphatic heterocycles. The minimum absolute atomic E-state index is 0.238. The summed E-state index contributed by atoms with van der Waals surface area (Å²) >= 11 is 0. The highest BCUT2D eigenvalue weighted by Crippen LogP contribution is 2.44. The van der Waals surface area contributed by atoms with E-state index in [-0.39, 0.29) is 46.4 Å². The van der Waals surface area contributed by atoms with Gasteiger partial charge in [-0.3, -0.25) is 20.0 Å². The Hall–Kier alpha value is -8.24. The van der Waals surface area contributed by atoms with E-state index < -0.39 is 0 Å². The third kappa shape index (κ3) is 15.7. The maximum absolute atomic E-state index is 12.8. The second-order valence-electron chi connectivity index (χ2n) is 26.4. The van der Waals surface area contributed by atoms with E-state index in [0.717, 1.165) is 112 Å². The van der Waals surface area contributed by atoms with Crippen molar-refractivity contribution in [1.82, 2.24) is 9.97 Å². The van der Waals surface area contributed by atoms with Gasteiger partial charge < -0.3 is 29.2 Å². The summed E-state index contributed by atoms with van der Waals surface area (Å²) in [6.07, 6.45) is 8.84. The number of hydrogen-bond donors (Lipinski definition) is 2. The Kier molecular flexibility index (Phi) is 18.5. The zero-order valence-electron chi connectivity index (χ0n) is 51.4. The number of aromatic hydroxyl groups is 2. The van der Waals surface area contributed by atoms with Gasteiger partial charge in [0.05, 0.1) is 24.5 Å². The molecule has 0 spiro atoms. The van der Waals surface area contributed by atoms with Gasteiger partial charge in [-0.15, -0.1) is 0 Å². The van der Waals surface area contributed by atoms with Crippen molar-refractivity contribution in [2.45, 2.75) is 144 Å². The predicted molar refractivity (Wildman–Crippen MR) is 341 cm³/mol. The van der Waals surface area contributed by atoms with E-state index >= 15 is 0 Å². The normalized spacial score (nSPS) is 13.1. The molecule has 84 heavy (non-hydrogen) atoms. The largest absolute Gasteiger partial charge is 0.507 e. The summed E-state index contributed by atoms with van der Waals surface area (Å²) in [5.74, 6) is 3.39. The fourth-order valence-electron chi connectivity index (χ4n) is 10.4. The average molecular weight is 1130 g/mol. The Morgan fingerprint density at radius 1 is 0.381 bits per heavy atom. The molecule has 1 aliphatic rings. The molecule has 9 rings (SSSR count). The van der Waals surface area contributed by atoms with Crippen molar-refractivity contribution in [3.05, 3.63) is 235 Å². The van der Waals surface area contributed by atoms with Gasteiger partial charge >= 0.3 is 0 Å². The minimum Gasteiger partial charge on any atom is -0.507 e. The van der Waals surface area contributed by atoms with Crippen LogP contribution in [0.25, 0.3) is 0 Å². The molecular formula is C74H84N4O6. The van der Waals surface area contributed by atoms with Gasteiger partial charge in [0, 0.05) is 50.5 Å². The quantitative estimate of drug-likeness (QED) is 0.0723. The Labute approximate surface area is 498 Å². The third-order valence-corrected chi connectivity index (χ3v) is 15.4. The van der Waals surface area contributed by atoms with Crippen molar-refractivity contribution in [2.75, 3.05) is 26.4 Å². The van der Waals surface area contributed by atoms with E-state index in [4.69, 9.17) is 18.9 Å². The molecule has 8 aromatic rings. The van der Waals surface area contributed by atoms with Crippen LogP contribution >= 0.6 is 0 Å². The summed E-state index contributed by atoms with van der Waals surface area (Å²) in [5.41, 5.74) is 14.3. The highest BCUT2D eigenvalue weighted by atomic mass is 16.5. The molecule has 2 N–H and O–H groups in total. The Balaban J connectivity index is 1.08. The van der Waals surface area contributed by atoms with E-state index in [1.807, 2.05) is 97.4 Å². The molecule has 0 fully saturated rings. The van der Waals surface area contributed by atoms with Crippen LogP contribution in [0.3, 0.4) is 0 Å². The van der Waals surface area contributed by atoms with Crippen molar-refractivity contribution in [1.29, 1.82) is 0 Å². The van der Waals surface area contributed by atoms with E-state index in [0.29, 0.717) is 52.0 Å². The highest BCUT2D eigenvalue weighted by Gasteiger charge is 2.29. The van der Waals surface area contributed by atoms with E-state index in [1.54, 1.807) is 12.4 Å². The molecule has 0 saturated heterocycles. The van der Waals surface area contributed by atoms with E-state index in [9.17, 15) is 10.2 Å². The lowest BCUT2D eigenvalue weighted by molar-refractivity contribution is 0.214. The number of phenols is 2. The van der Waals surface area contributed by atoms with Gasteiger partial charge in [0.25, 0.3) is 0 Å². The van der Waals surface area contributed by atoms with Crippen molar-refractivity contribution in [3.8, 4) is 34.5 Å². The van der Waals surface area contributed by atoms with Gasteiger partial charge in [-0.25, -0.2) is 0 Å². The first kappa shape index (κ1) is 60.4. The third-order valence-electron chi connectivity index (χ3n) is 15.4. The molecule has 10 nitrogen and oxygen atoms in total. The molecule has 8 bridgehead atoms. The Bertz CT molecular complexity index is 3260. The van der Waals surface area contributed by atoms with Crippen LogP contribution in [-0.2, 0) is 60.4 Å². The summed E-state index contributed by atoms with van der Waals surface area (Å²) < 4.78 is 26.6. The first-order valence-corrected chi connectivity index (χ1v) is 29.5. The first-order chi connectivity index (χ1) is 39.9. The lowest BCUT2D eigenvalue weighted by Crippen LogP contribution is -2.18. The van der Waals surface area contributed by atoms with Gasteiger partial charge in [0.2, 0.25) is 0 Å². The number of pyridine rings is 2. The van der Waals surface area contributed by atoms with Crippen molar-refractivity contribution in [2.24, 2.45) is 9.98 Å². The summed E-state index contributed by atoms with van der Waals surface area (Å²) in [5, 5.41) is 25.7. The molecule has 6 aromatic carbocycles. The van der Waals surface area contributed by atoms with Crippen LogP contribution in [0.1, 0.15) is 172 Å². The molecule has 436 valence electrons. The van der Waals surface area contributed by atoms with Gasteiger partial charge in [-0.05, 0) is 172 Å². The Morgan fingerprint density at radius 3 is 0.940 bits per heavy atom. The molecule has 0 saturated carbocycles. The lowest BCUT2D eigenvalue weighted by Gasteiger charge is -2.28. The second-order valence-corrected chi connectivity index (χ2v) is 26.4. The number of aromatic nitrogens is 2. The minimum atomic E-state index is -0.248. The molecule has 10 heteroatoms. The highest BCUT2D eigenvalue weighted by molar-refractivity contribution is 5.80. The zero-order chi connectivity index (χ0) is 59.8. The van der Waals surface area contributed by atoms with E-state index in [2.05, 4.69) is 152 Å².